The van der Waals surface area contributed by atoms with Gasteiger partial charge in [-0.3, -0.25) is 9.59 Å². The van der Waals surface area contributed by atoms with Gasteiger partial charge in [-0.25, -0.2) is 4.68 Å². The second-order valence-electron chi connectivity index (χ2n) is 9.68. The van der Waals surface area contributed by atoms with Gasteiger partial charge in [-0.2, -0.15) is 18.3 Å². The van der Waals surface area contributed by atoms with Crippen LogP contribution in [0.3, 0.4) is 0 Å². The number of alkyl halides is 3. The van der Waals surface area contributed by atoms with Gasteiger partial charge in [0.2, 0.25) is 0 Å². The molecule has 1 aromatic heterocycles. The lowest BCUT2D eigenvalue weighted by Crippen LogP contribution is -2.36. The van der Waals surface area contributed by atoms with Gasteiger partial charge in [0, 0.05) is 17.8 Å². The van der Waals surface area contributed by atoms with Gasteiger partial charge in [-0.05, 0) is 74.6 Å². The molecule has 0 radical (unpaired) electrons. The largest absolute Gasteiger partial charge is 0.486 e. The molecule has 2 unspecified atom stereocenters. The minimum Gasteiger partial charge on any atom is -0.486 e. The molecule has 0 fully saturated rings. The Bertz CT molecular complexity index is 1280. The molecule has 0 aliphatic carbocycles. The van der Waals surface area contributed by atoms with Crippen LogP contribution in [0.5, 0.6) is 5.75 Å². The fraction of sp³-hybridized carbons (Fsp3) is 0.433. The predicted octanol–water partition coefficient (Wildman–Crippen LogP) is 6.89. The molecule has 3 rings (SSSR count). The number of ether oxygens (including phenoxy) is 2. The first-order valence-corrected chi connectivity index (χ1v) is 13.4. The van der Waals surface area contributed by atoms with Gasteiger partial charge in [-0.1, -0.05) is 32.4 Å². The van der Waals surface area contributed by atoms with Crippen molar-refractivity contribution in [1.29, 1.82) is 0 Å². The first kappa shape index (κ1) is 30.7. The van der Waals surface area contributed by atoms with Crippen molar-refractivity contribution in [2.24, 2.45) is 0 Å². The Kier molecular flexibility index (Phi) is 10.4. The molecule has 1 N–H and O–H groups in total. The lowest BCUT2D eigenvalue weighted by atomic mass is 10.0. The number of amides is 1. The van der Waals surface area contributed by atoms with Gasteiger partial charge in [0.15, 0.2) is 0 Å². The maximum absolute atomic E-state index is 13.1. The van der Waals surface area contributed by atoms with Gasteiger partial charge >= 0.3 is 12.1 Å². The van der Waals surface area contributed by atoms with Gasteiger partial charge in [0.1, 0.15) is 11.9 Å². The zero-order chi connectivity index (χ0) is 29.4. The Morgan fingerprint density at radius 2 is 1.70 bits per heavy atom. The Morgan fingerprint density at radius 3 is 2.23 bits per heavy atom. The van der Waals surface area contributed by atoms with Crippen molar-refractivity contribution in [2.75, 3.05) is 6.61 Å². The molecular weight excluding hydrogens is 523 g/mol. The number of rotatable bonds is 12. The van der Waals surface area contributed by atoms with Crippen LogP contribution >= 0.6 is 0 Å². The number of nitrogens with one attached hydrogen (secondary N) is 1. The molecule has 10 heteroatoms. The van der Waals surface area contributed by atoms with Crippen LogP contribution < -0.4 is 10.1 Å². The van der Waals surface area contributed by atoms with E-state index in [-0.39, 0.29) is 30.4 Å². The third-order valence-electron chi connectivity index (χ3n) is 6.52. The summed E-state index contributed by atoms with van der Waals surface area (Å²) in [6.07, 6.45) is -0.689. The number of esters is 1. The molecular formula is C30H36F3N3O4. The second kappa shape index (κ2) is 13.5. The third-order valence-corrected chi connectivity index (χ3v) is 6.52. The summed E-state index contributed by atoms with van der Waals surface area (Å²) in [5, 5.41) is 6.80. The summed E-state index contributed by atoms with van der Waals surface area (Å²) in [7, 11) is 0. The molecule has 0 aliphatic heterocycles. The first-order chi connectivity index (χ1) is 19.0. The number of hydrogen-bond acceptors (Lipinski definition) is 5. The standard InChI is InChI=1S/C30H36F3N3O4/c1-6-9-26(21-10-12-22(13-11-21)29(38)35-24(7-2)16-27(37)39-8-3)40-25-14-19(4)28(20(5)15-25)36-18-23(17-34-36)30(31,32)33/h10-15,17-18,24,26H,6-9,16H2,1-5H3,(H,35,38). The van der Waals surface area contributed by atoms with E-state index < -0.39 is 11.7 Å². The summed E-state index contributed by atoms with van der Waals surface area (Å²) in [6, 6.07) is 10.4. The average Bonchev–Trinajstić information content (AvgIpc) is 3.38. The van der Waals surface area contributed by atoms with E-state index in [1.165, 1.54) is 4.68 Å². The van der Waals surface area contributed by atoms with Gasteiger partial charge in [-0.15, -0.1) is 0 Å². The van der Waals surface area contributed by atoms with Crippen LogP contribution in [-0.2, 0) is 15.7 Å². The number of aryl methyl sites for hydroxylation is 2. The molecule has 0 spiro atoms. The zero-order valence-electron chi connectivity index (χ0n) is 23.5. The van der Waals surface area contributed by atoms with E-state index in [2.05, 4.69) is 10.4 Å². The van der Waals surface area contributed by atoms with E-state index in [0.717, 1.165) is 41.9 Å². The Balaban J connectivity index is 1.75. The number of benzene rings is 2. The van der Waals surface area contributed by atoms with Crippen molar-refractivity contribution in [3.8, 4) is 11.4 Å². The number of carbonyl (C=O) groups excluding carboxylic acids is 2. The van der Waals surface area contributed by atoms with Crippen molar-refractivity contribution >= 4 is 11.9 Å². The molecule has 1 heterocycles. The van der Waals surface area contributed by atoms with Crippen LogP contribution in [0.25, 0.3) is 5.69 Å². The Hall–Kier alpha value is -3.82. The molecule has 2 aromatic carbocycles. The van der Waals surface area contributed by atoms with Gasteiger partial charge in [0.05, 0.1) is 30.5 Å². The van der Waals surface area contributed by atoms with Crippen LogP contribution in [0.15, 0.2) is 48.8 Å². The maximum atomic E-state index is 13.1. The molecule has 0 saturated carbocycles. The van der Waals surface area contributed by atoms with E-state index in [1.807, 2.05) is 26.0 Å². The van der Waals surface area contributed by atoms with Crippen molar-refractivity contribution < 1.29 is 32.2 Å². The monoisotopic (exact) mass is 559 g/mol. The molecule has 40 heavy (non-hydrogen) atoms. The lowest BCUT2D eigenvalue weighted by Gasteiger charge is -2.21. The molecule has 0 saturated heterocycles. The highest BCUT2D eigenvalue weighted by molar-refractivity contribution is 5.94. The fourth-order valence-electron chi connectivity index (χ4n) is 4.49. The Morgan fingerprint density at radius 1 is 1.05 bits per heavy atom. The van der Waals surface area contributed by atoms with Crippen LogP contribution in [0, 0.1) is 13.8 Å². The molecule has 2 atom stereocenters. The molecule has 0 aliphatic rings. The maximum Gasteiger partial charge on any atom is 0.419 e. The number of halogens is 3. The van der Waals surface area contributed by atoms with Crippen molar-refractivity contribution in [3.63, 3.8) is 0 Å². The number of carbonyl (C=O) groups is 2. The summed E-state index contributed by atoms with van der Waals surface area (Å²) in [5.74, 6) is -0.0319. The van der Waals surface area contributed by atoms with E-state index in [1.54, 1.807) is 45.0 Å². The second-order valence-corrected chi connectivity index (χ2v) is 9.68. The van der Waals surface area contributed by atoms with Crippen LogP contribution in [-0.4, -0.2) is 34.3 Å². The minimum absolute atomic E-state index is 0.113. The van der Waals surface area contributed by atoms with Crippen molar-refractivity contribution in [2.45, 2.75) is 78.6 Å². The van der Waals surface area contributed by atoms with E-state index in [0.29, 0.717) is 30.0 Å². The molecule has 7 nitrogen and oxygen atoms in total. The summed E-state index contributed by atoms with van der Waals surface area (Å²) in [4.78, 5) is 24.6. The molecule has 1 amide bonds. The lowest BCUT2D eigenvalue weighted by molar-refractivity contribution is -0.143. The predicted molar refractivity (Wildman–Crippen MR) is 146 cm³/mol. The summed E-state index contributed by atoms with van der Waals surface area (Å²) >= 11 is 0. The average molecular weight is 560 g/mol. The third kappa shape index (κ3) is 7.86. The van der Waals surface area contributed by atoms with Crippen LogP contribution in [0.2, 0.25) is 0 Å². The molecule has 216 valence electrons. The summed E-state index contributed by atoms with van der Waals surface area (Å²) < 4.78 is 51.7. The normalized spacial score (nSPS) is 13.0. The van der Waals surface area contributed by atoms with Gasteiger partial charge < -0.3 is 14.8 Å². The fourth-order valence-corrected chi connectivity index (χ4v) is 4.49. The number of nitrogens with zero attached hydrogens (tertiary/aromatic N) is 2. The van der Waals surface area contributed by atoms with Crippen LogP contribution in [0.4, 0.5) is 13.2 Å². The van der Waals surface area contributed by atoms with E-state index >= 15 is 0 Å². The van der Waals surface area contributed by atoms with Crippen molar-refractivity contribution in [3.05, 3.63) is 76.6 Å². The Labute approximate surface area is 232 Å². The summed E-state index contributed by atoms with van der Waals surface area (Å²) in [6.45, 7) is 9.58. The number of aromatic nitrogens is 2. The highest BCUT2D eigenvalue weighted by Gasteiger charge is 2.32. The van der Waals surface area contributed by atoms with Gasteiger partial charge in [0.25, 0.3) is 5.91 Å². The number of hydrogen-bond donors (Lipinski definition) is 1. The summed E-state index contributed by atoms with van der Waals surface area (Å²) in [5.41, 5.74) is 2.56. The SMILES string of the molecule is CCCC(Oc1cc(C)c(-n2cc(C(F)(F)F)cn2)c(C)c1)c1ccc(C(=O)NC(CC)CC(=O)OCC)cc1. The van der Waals surface area contributed by atoms with E-state index in [4.69, 9.17) is 9.47 Å². The minimum atomic E-state index is -4.47. The topological polar surface area (TPSA) is 82.5 Å². The smallest absolute Gasteiger partial charge is 0.419 e. The zero-order valence-corrected chi connectivity index (χ0v) is 23.5. The molecule has 0 bridgehead atoms. The first-order valence-electron chi connectivity index (χ1n) is 13.4. The van der Waals surface area contributed by atoms with E-state index in [9.17, 15) is 22.8 Å². The van der Waals surface area contributed by atoms with Crippen LogP contribution in [0.1, 0.15) is 85.2 Å². The highest BCUT2D eigenvalue weighted by atomic mass is 19.4. The highest BCUT2D eigenvalue weighted by Crippen LogP contribution is 2.33. The van der Waals surface area contributed by atoms with Crippen molar-refractivity contribution in [1.82, 2.24) is 15.1 Å². The molecule has 3 aromatic rings. The quantitative estimate of drug-likeness (QED) is 0.244.